The Labute approximate surface area is 141 Å². The second kappa shape index (κ2) is 8.90. The first-order chi connectivity index (χ1) is 11.4. The van der Waals surface area contributed by atoms with Crippen LogP contribution >= 0.6 is 7.82 Å². The number of carbonyl (C=O) groups is 1. The Morgan fingerprint density at radius 1 is 0.958 bits per heavy atom. The van der Waals surface area contributed by atoms with Gasteiger partial charge in [-0.2, -0.15) is 0 Å². The Bertz CT molecular complexity index is 681. The Hall–Kier alpha value is -1.78. The number of rotatable bonds is 9. The van der Waals surface area contributed by atoms with Crippen LogP contribution in [0.25, 0.3) is 0 Å². The first kappa shape index (κ1) is 18.6. The zero-order valence-electron chi connectivity index (χ0n) is 13.2. The van der Waals surface area contributed by atoms with E-state index in [-0.39, 0.29) is 31.5 Å². The smallest absolute Gasteiger partial charge is 0.137 e. The minimum absolute atomic E-state index is 0.0190. The van der Waals surface area contributed by atoms with E-state index in [0.717, 1.165) is 11.1 Å². The molecule has 6 heteroatoms. The van der Waals surface area contributed by atoms with Crippen molar-refractivity contribution in [3.05, 3.63) is 71.8 Å². The van der Waals surface area contributed by atoms with Gasteiger partial charge in [-0.1, -0.05) is 60.7 Å². The maximum absolute atomic E-state index is 12.1. The molecule has 2 aromatic carbocycles. The van der Waals surface area contributed by atoms with E-state index in [1.807, 2.05) is 60.7 Å². The molecule has 0 fully saturated rings. The number of Topliss-reactive ketones (excluding diaryl/α,β-unsaturated/α-hetero) is 1. The Balaban J connectivity index is 1.92. The summed E-state index contributed by atoms with van der Waals surface area (Å²) in [6.07, 6.45) is 0.0775. The van der Waals surface area contributed by atoms with Crippen molar-refractivity contribution in [2.75, 3.05) is 0 Å². The summed E-state index contributed by atoms with van der Waals surface area (Å²) in [4.78, 5) is 33.9. The average molecular weight is 346 g/mol. The molecule has 0 N–H and O–H groups in total. The zero-order chi connectivity index (χ0) is 17.4. The summed E-state index contributed by atoms with van der Waals surface area (Å²) >= 11 is 0. The molecule has 1 unspecified atom stereocenters. The average Bonchev–Trinajstić information content (AvgIpc) is 2.53. The monoisotopic (exact) mass is 346 g/mol. The molecule has 0 aliphatic rings. The highest BCUT2D eigenvalue weighted by molar-refractivity contribution is 7.43. The van der Waals surface area contributed by atoms with Crippen LogP contribution in [0.5, 0.6) is 0 Å². The summed E-state index contributed by atoms with van der Waals surface area (Å²) in [5.41, 5.74) is 1.76. The molecule has 5 nitrogen and oxygen atoms in total. The molecule has 128 valence electrons. The van der Waals surface area contributed by atoms with Crippen molar-refractivity contribution in [3.8, 4) is 0 Å². The van der Waals surface area contributed by atoms with Crippen LogP contribution in [0.15, 0.2) is 60.7 Å². The molecule has 0 radical (unpaired) electrons. The number of phosphoric acid groups is 1. The molecule has 0 aromatic heterocycles. The normalized spacial score (nSPS) is 12.8. The molecule has 0 heterocycles. The van der Waals surface area contributed by atoms with E-state index in [1.165, 1.54) is 0 Å². The first-order valence-electron chi connectivity index (χ1n) is 7.72. The predicted octanol–water partition coefficient (Wildman–Crippen LogP) is 2.03. The molecule has 0 bridgehead atoms. The van der Waals surface area contributed by atoms with Gasteiger partial charge >= 0.3 is 0 Å². The van der Waals surface area contributed by atoms with Gasteiger partial charge in [-0.05, 0) is 24.0 Å². The van der Waals surface area contributed by atoms with Crippen LogP contribution in [-0.4, -0.2) is 11.9 Å². The number of hydrogen-bond acceptors (Lipinski definition) is 5. The molecule has 0 aliphatic carbocycles. The summed E-state index contributed by atoms with van der Waals surface area (Å²) in [6, 6.07) is 18.4. The minimum atomic E-state index is -5.10. The zero-order valence-corrected chi connectivity index (χ0v) is 14.1. The van der Waals surface area contributed by atoms with Gasteiger partial charge in [0.2, 0.25) is 0 Å². The summed E-state index contributed by atoms with van der Waals surface area (Å²) in [7, 11) is -5.10. The molecule has 24 heavy (non-hydrogen) atoms. The number of hydrogen-bond donors (Lipinski definition) is 0. The van der Waals surface area contributed by atoms with E-state index in [2.05, 4.69) is 4.52 Å². The van der Waals surface area contributed by atoms with E-state index in [9.17, 15) is 19.1 Å². The molecule has 0 amide bonds. The second-order valence-electron chi connectivity index (χ2n) is 5.60. The number of carbonyl (C=O) groups excluding carboxylic acids is 1. The Kier molecular flexibility index (Phi) is 6.88. The third kappa shape index (κ3) is 7.20. The lowest BCUT2D eigenvalue weighted by Crippen LogP contribution is -2.25. The van der Waals surface area contributed by atoms with Gasteiger partial charge in [0.25, 0.3) is 0 Å². The maximum atomic E-state index is 12.1. The fourth-order valence-corrected chi connectivity index (χ4v) is 3.03. The Morgan fingerprint density at radius 2 is 1.50 bits per heavy atom. The summed E-state index contributed by atoms with van der Waals surface area (Å²) in [5, 5.41) is 0. The molecule has 2 aromatic rings. The molecule has 0 spiro atoms. The molecular weight excluding hydrogens is 327 g/mol. The van der Waals surface area contributed by atoms with E-state index >= 15 is 0 Å². The molecule has 0 saturated heterocycles. The number of ketones is 1. The van der Waals surface area contributed by atoms with Crippen molar-refractivity contribution < 1.29 is 23.7 Å². The summed E-state index contributed by atoms with van der Waals surface area (Å²) in [6.45, 7) is 0. The van der Waals surface area contributed by atoms with Gasteiger partial charge in [0.05, 0.1) is 13.9 Å². The maximum Gasteiger partial charge on any atom is 0.137 e. The lowest BCUT2D eigenvalue weighted by Gasteiger charge is -2.33. The van der Waals surface area contributed by atoms with Crippen molar-refractivity contribution in [2.45, 2.75) is 31.8 Å². The predicted molar refractivity (Wildman–Crippen MR) is 87.0 cm³/mol. The second-order valence-corrected chi connectivity index (χ2v) is 6.71. The van der Waals surface area contributed by atoms with Crippen LogP contribution < -0.4 is 9.79 Å². The molecule has 0 saturated carbocycles. The highest BCUT2D eigenvalue weighted by Crippen LogP contribution is 2.30. The minimum Gasteiger partial charge on any atom is -0.790 e. The fourth-order valence-electron chi connectivity index (χ4n) is 2.49. The van der Waals surface area contributed by atoms with Crippen LogP contribution in [-0.2, 0) is 26.7 Å². The molecule has 1 atom stereocenters. The quantitative estimate of drug-likeness (QED) is 0.648. The van der Waals surface area contributed by atoms with Crippen molar-refractivity contribution in [3.63, 3.8) is 0 Å². The van der Waals surface area contributed by atoms with Gasteiger partial charge in [-0.3, -0.25) is 4.79 Å². The SMILES string of the molecule is O=C(CCC(Cc1ccccc1)OP(=O)([O-])[O-])Cc1ccccc1. The third-order valence-electron chi connectivity index (χ3n) is 3.57. The van der Waals surface area contributed by atoms with Crippen molar-refractivity contribution >= 4 is 13.6 Å². The lowest BCUT2D eigenvalue weighted by molar-refractivity contribution is -0.345. The van der Waals surface area contributed by atoms with Crippen molar-refractivity contribution in [1.82, 2.24) is 0 Å². The largest absolute Gasteiger partial charge is 0.790 e. The van der Waals surface area contributed by atoms with Gasteiger partial charge in [0, 0.05) is 12.8 Å². The van der Waals surface area contributed by atoms with E-state index in [1.54, 1.807) is 0 Å². The lowest BCUT2D eigenvalue weighted by atomic mass is 10.0. The summed E-state index contributed by atoms with van der Waals surface area (Å²) < 4.78 is 15.6. The van der Waals surface area contributed by atoms with Gasteiger partial charge in [0.1, 0.15) is 5.78 Å². The van der Waals surface area contributed by atoms with Crippen molar-refractivity contribution in [2.24, 2.45) is 0 Å². The number of benzene rings is 2. The van der Waals surface area contributed by atoms with Gasteiger partial charge in [0.15, 0.2) is 0 Å². The van der Waals surface area contributed by atoms with Crippen LogP contribution in [0.1, 0.15) is 24.0 Å². The topological polar surface area (TPSA) is 89.5 Å². The fraction of sp³-hybridized carbons (Fsp3) is 0.278. The van der Waals surface area contributed by atoms with Crippen LogP contribution in [0.4, 0.5) is 0 Å². The van der Waals surface area contributed by atoms with Crippen LogP contribution in [0, 0.1) is 0 Å². The Morgan fingerprint density at radius 3 is 2.04 bits per heavy atom. The van der Waals surface area contributed by atoms with Crippen molar-refractivity contribution in [1.29, 1.82) is 0 Å². The molecular formula is C18H19O5P-2. The van der Waals surface area contributed by atoms with Gasteiger partial charge < -0.3 is 18.9 Å². The van der Waals surface area contributed by atoms with Crippen LogP contribution in [0.3, 0.4) is 0 Å². The van der Waals surface area contributed by atoms with Gasteiger partial charge in [-0.15, -0.1) is 0 Å². The molecule has 0 aliphatic heterocycles. The highest BCUT2D eigenvalue weighted by Gasteiger charge is 2.15. The third-order valence-corrected chi connectivity index (χ3v) is 4.13. The standard InChI is InChI=1S/C18H21O5P/c19-17(13-15-7-3-1-4-8-15)11-12-18(23-24(20,21)22)14-16-9-5-2-6-10-16/h1-10,18H,11-14H2,(H2,20,21,22)/p-2. The van der Waals surface area contributed by atoms with Gasteiger partial charge in [-0.25, -0.2) is 0 Å². The van der Waals surface area contributed by atoms with E-state index < -0.39 is 13.9 Å². The molecule has 2 rings (SSSR count). The van der Waals surface area contributed by atoms with E-state index in [0.29, 0.717) is 0 Å². The number of phosphoric ester groups is 1. The van der Waals surface area contributed by atoms with E-state index in [4.69, 9.17) is 0 Å². The summed E-state index contributed by atoms with van der Waals surface area (Å²) in [5.74, 6) is -0.0190. The van der Waals surface area contributed by atoms with Crippen LogP contribution in [0.2, 0.25) is 0 Å². The first-order valence-corrected chi connectivity index (χ1v) is 9.18. The highest BCUT2D eigenvalue weighted by atomic mass is 31.2.